The smallest absolute Gasteiger partial charge is 0.272 e. The lowest BCUT2D eigenvalue weighted by Crippen LogP contribution is -2.49. The van der Waals surface area contributed by atoms with Crippen LogP contribution in [0.2, 0.25) is 5.02 Å². The van der Waals surface area contributed by atoms with E-state index in [-0.39, 0.29) is 27.4 Å². The third-order valence-corrected chi connectivity index (χ3v) is 8.92. The van der Waals surface area contributed by atoms with Gasteiger partial charge in [-0.15, -0.1) is 0 Å². The molecule has 3 amide bonds. The highest BCUT2D eigenvalue weighted by Crippen LogP contribution is 2.44. The van der Waals surface area contributed by atoms with Crippen LogP contribution in [0.3, 0.4) is 0 Å². The molecule has 0 unspecified atom stereocenters. The minimum atomic E-state index is -0.606. The van der Waals surface area contributed by atoms with Crippen LogP contribution >= 0.6 is 43.5 Å². The Morgan fingerprint density at radius 3 is 2.00 bits per heavy atom. The van der Waals surface area contributed by atoms with Crippen molar-refractivity contribution in [3.05, 3.63) is 74.8 Å². The average molecular weight is 600 g/mol. The van der Waals surface area contributed by atoms with Gasteiger partial charge in [0.15, 0.2) is 0 Å². The molecule has 1 heterocycles. The lowest BCUT2D eigenvalue weighted by atomic mass is 9.81. The van der Waals surface area contributed by atoms with Gasteiger partial charge in [0.25, 0.3) is 23.4 Å². The number of alkyl halides is 2. The third kappa shape index (κ3) is 4.69. The van der Waals surface area contributed by atoms with Gasteiger partial charge in [0, 0.05) is 32.4 Å². The standard InChI is InChI=1S/C22H18Br2ClN3O5/c23-18-9-16-17(10-19(18)24)22(31)27(21(16)30)26(11-12-1-5-14(25)6-2-12)20(29)13-3-7-15(8-4-13)28(32)33/h1-8,16-19H,9-11H2/t16-,17+,18-,19-/m0/s1. The topological polar surface area (TPSA) is 101 Å². The third-order valence-electron chi connectivity index (χ3n) is 5.93. The number of non-ortho nitro benzene ring substituents is 1. The maximum absolute atomic E-state index is 13.5. The van der Waals surface area contributed by atoms with Crippen LogP contribution in [0, 0.1) is 22.0 Å². The van der Waals surface area contributed by atoms with E-state index in [4.69, 9.17) is 11.6 Å². The van der Waals surface area contributed by atoms with Gasteiger partial charge >= 0.3 is 0 Å². The minimum absolute atomic E-state index is 0.0329. The first-order valence-electron chi connectivity index (χ1n) is 10.1. The number of hydrogen-bond donors (Lipinski definition) is 0. The van der Waals surface area contributed by atoms with E-state index in [1.165, 1.54) is 24.3 Å². The number of carbonyl (C=O) groups excluding carboxylic acids is 3. The van der Waals surface area contributed by atoms with Crippen molar-refractivity contribution >= 4 is 66.9 Å². The lowest BCUT2D eigenvalue weighted by Gasteiger charge is -2.30. The molecule has 0 spiro atoms. The molecule has 0 radical (unpaired) electrons. The summed E-state index contributed by atoms with van der Waals surface area (Å²) in [5.41, 5.74) is 0.630. The predicted molar refractivity (Wildman–Crippen MR) is 128 cm³/mol. The number of fused-ring (bicyclic) bond motifs is 1. The summed E-state index contributed by atoms with van der Waals surface area (Å²) in [6, 6.07) is 11.8. The van der Waals surface area contributed by atoms with Gasteiger partial charge in [-0.05, 0) is 42.7 Å². The van der Waals surface area contributed by atoms with Gasteiger partial charge in [-0.25, -0.2) is 5.01 Å². The van der Waals surface area contributed by atoms with Crippen LogP contribution < -0.4 is 0 Å². The monoisotopic (exact) mass is 597 g/mol. The number of hydrogen-bond acceptors (Lipinski definition) is 5. The molecular formula is C22H18Br2ClN3O5. The Morgan fingerprint density at radius 2 is 1.52 bits per heavy atom. The first kappa shape index (κ1) is 23.8. The number of nitrogens with zero attached hydrogens (tertiary/aromatic N) is 3. The molecule has 2 fully saturated rings. The van der Waals surface area contributed by atoms with Crippen LogP contribution in [0.5, 0.6) is 0 Å². The number of amides is 3. The van der Waals surface area contributed by atoms with Gasteiger partial charge < -0.3 is 0 Å². The number of imide groups is 1. The highest BCUT2D eigenvalue weighted by atomic mass is 79.9. The number of carbonyl (C=O) groups is 3. The maximum atomic E-state index is 13.5. The second-order valence-electron chi connectivity index (χ2n) is 8.00. The van der Waals surface area contributed by atoms with E-state index in [1.54, 1.807) is 24.3 Å². The molecule has 1 saturated heterocycles. The molecule has 0 aromatic heterocycles. The van der Waals surface area contributed by atoms with E-state index in [0.29, 0.717) is 23.4 Å². The van der Waals surface area contributed by atoms with Gasteiger partial charge in [0.2, 0.25) is 0 Å². The zero-order valence-corrected chi connectivity index (χ0v) is 21.0. The van der Waals surface area contributed by atoms with Crippen LogP contribution in [-0.4, -0.2) is 42.3 Å². The van der Waals surface area contributed by atoms with Gasteiger partial charge in [-0.1, -0.05) is 55.6 Å². The Hall–Kier alpha value is -2.30. The van der Waals surface area contributed by atoms with Gasteiger partial charge in [0.1, 0.15) is 0 Å². The zero-order valence-electron chi connectivity index (χ0n) is 17.1. The maximum Gasteiger partial charge on any atom is 0.273 e. The largest absolute Gasteiger partial charge is 0.273 e. The van der Waals surface area contributed by atoms with Crippen molar-refractivity contribution < 1.29 is 19.3 Å². The number of nitro benzene ring substituents is 1. The van der Waals surface area contributed by atoms with Crippen LogP contribution in [0.4, 0.5) is 5.69 Å². The summed E-state index contributed by atoms with van der Waals surface area (Å²) in [6.07, 6.45) is 0.949. The lowest BCUT2D eigenvalue weighted by molar-refractivity contribution is -0.384. The molecular weight excluding hydrogens is 582 g/mol. The number of nitro groups is 1. The Bertz CT molecular complexity index is 1080. The quantitative estimate of drug-likeness (QED) is 0.214. The van der Waals surface area contributed by atoms with Crippen molar-refractivity contribution in [2.24, 2.45) is 11.8 Å². The fourth-order valence-corrected chi connectivity index (χ4v) is 5.55. The molecule has 2 aromatic carbocycles. The van der Waals surface area contributed by atoms with Crippen molar-refractivity contribution in [1.82, 2.24) is 10.0 Å². The van der Waals surface area contributed by atoms with E-state index < -0.39 is 34.5 Å². The molecule has 172 valence electrons. The SMILES string of the molecule is O=C(c1ccc([N+](=O)[O-])cc1)N(Cc1ccc(Cl)cc1)N1C(=O)[C@H]2C[C@H](Br)[C@@H](Br)C[C@H]2C1=O. The molecule has 1 aliphatic carbocycles. The van der Waals surface area contributed by atoms with Gasteiger partial charge in [0.05, 0.1) is 23.3 Å². The fourth-order valence-electron chi connectivity index (χ4n) is 4.19. The average Bonchev–Trinajstić information content (AvgIpc) is 3.02. The summed E-state index contributed by atoms with van der Waals surface area (Å²) >= 11 is 13.1. The van der Waals surface area contributed by atoms with Crippen LogP contribution in [0.1, 0.15) is 28.8 Å². The highest BCUT2D eigenvalue weighted by Gasteiger charge is 2.54. The highest BCUT2D eigenvalue weighted by molar-refractivity contribution is 9.12. The van der Waals surface area contributed by atoms with E-state index in [0.717, 1.165) is 10.0 Å². The summed E-state index contributed by atoms with van der Waals surface area (Å²) in [4.78, 5) is 50.6. The predicted octanol–water partition coefficient (Wildman–Crippen LogP) is 4.73. The van der Waals surface area contributed by atoms with E-state index in [9.17, 15) is 24.5 Å². The molecule has 0 bridgehead atoms. The molecule has 4 rings (SSSR count). The summed E-state index contributed by atoms with van der Waals surface area (Å²) in [5, 5.41) is 13.6. The van der Waals surface area contributed by atoms with Crippen molar-refractivity contribution in [3.63, 3.8) is 0 Å². The van der Waals surface area contributed by atoms with Crippen LogP contribution in [0.15, 0.2) is 48.5 Å². The van der Waals surface area contributed by atoms with E-state index >= 15 is 0 Å². The Labute approximate surface area is 211 Å². The van der Waals surface area contributed by atoms with Gasteiger partial charge in [-0.3, -0.25) is 24.5 Å². The van der Waals surface area contributed by atoms with Crippen molar-refractivity contribution in [2.45, 2.75) is 29.0 Å². The molecule has 4 atom stereocenters. The molecule has 2 aromatic rings. The summed E-state index contributed by atoms with van der Waals surface area (Å²) in [7, 11) is 0. The second-order valence-corrected chi connectivity index (χ2v) is 10.8. The molecule has 2 aliphatic rings. The molecule has 1 saturated carbocycles. The zero-order chi connectivity index (χ0) is 23.9. The first-order chi connectivity index (χ1) is 15.7. The molecule has 11 heteroatoms. The Morgan fingerprint density at radius 1 is 1.00 bits per heavy atom. The summed E-state index contributed by atoms with van der Waals surface area (Å²) < 4.78 is 0. The summed E-state index contributed by atoms with van der Waals surface area (Å²) in [5.74, 6) is -2.48. The number of hydrazine groups is 1. The Kier molecular flexibility index (Phi) is 6.88. The molecule has 33 heavy (non-hydrogen) atoms. The number of halogens is 3. The first-order valence-corrected chi connectivity index (χ1v) is 12.3. The second kappa shape index (κ2) is 9.52. The van der Waals surface area contributed by atoms with Crippen LogP contribution in [-0.2, 0) is 16.1 Å². The van der Waals surface area contributed by atoms with Crippen molar-refractivity contribution in [2.75, 3.05) is 0 Å². The van der Waals surface area contributed by atoms with E-state index in [1.807, 2.05) is 0 Å². The normalized spacial score (nSPS) is 24.5. The van der Waals surface area contributed by atoms with Crippen molar-refractivity contribution in [1.29, 1.82) is 0 Å². The van der Waals surface area contributed by atoms with Crippen LogP contribution in [0.25, 0.3) is 0 Å². The van der Waals surface area contributed by atoms with E-state index in [2.05, 4.69) is 31.9 Å². The van der Waals surface area contributed by atoms with Gasteiger partial charge in [-0.2, -0.15) is 5.01 Å². The number of rotatable bonds is 5. The Balaban J connectivity index is 1.70. The minimum Gasteiger partial charge on any atom is -0.272 e. The fraction of sp³-hybridized carbons (Fsp3) is 0.318. The van der Waals surface area contributed by atoms with Crippen molar-refractivity contribution in [3.8, 4) is 0 Å². The summed E-state index contributed by atoms with van der Waals surface area (Å²) in [6.45, 7) is -0.0423. The molecule has 0 N–H and O–H groups in total. The molecule has 8 nitrogen and oxygen atoms in total. The number of benzene rings is 2. The molecule has 1 aliphatic heterocycles.